The highest BCUT2D eigenvalue weighted by atomic mass is 32.1. The lowest BCUT2D eigenvalue weighted by atomic mass is 10.3. The molecule has 1 aromatic carbocycles. The monoisotopic (exact) mass is 240 g/mol. The van der Waals surface area contributed by atoms with Crippen LogP contribution in [0.15, 0.2) is 24.3 Å². The van der Waals surface area contributed by atoms with Crippen LogP contribution >= 0.6 is 12.2 Å². The van der Waals surface area contributed by atoms with Gasteiger partial charge in [-0.25, -0.2) is 0 Å². The SMILES string of the molecule is COc1ccc(NC(=S)N(C)CCO)cc1. The number of ether oxygens (including phenoxy) is 1. The van der Waals surface area contributed by atoms with Crippen LogP contribution in [0.2, 0.25) is 0 Å². The van der Waals surface area contributed by atoms with Crippen LogP contribution in [0.1, 0.15) is 0 Å². The minimum Gasteiger partial charge on any atom is -0.497 e. The lowest BCUT2D eigenvalue weighted by Gasteiger charge is -2.19. The van der Waals surface area contributed by atoms with Crippen molar-refractivity contribution in [2.45, 2.75) is 0 Å². The number of thiocarbonyl (C=S) groups is 1. The Morgan fingerprint density at radius 1 is 1.44 bits per heavy atom. The van der Waals surface area contributed by atoms with Gasteiger partial charge in [-0.2, -0.15) is 0 Å². The van der Waals surface area contributed by atoms with Crippen molar-refractivity contribution in [3.8, 4) is 5.75 Å². The normalized spacial score (nSPS) is 9.69. The van der Waals surface area contributed by atoms with Crippen molar-refractivity contribution in [3.05, 3.63) is 24.3 Å². The van der Waals surface area contributed by atoms with Gasteiger partial charge in [0.05, 0.1) is 13.7 Å². The molecule has 0 aliphatic heterocycles. The maximum absolute atomic E-state index is 8.77. The van der Waals surface area contributed by atoms with E-state index in [0.717, 1.165) is 11.4 Å². The van der Waals surface area contributed by atoms with Gasteiger partial charge in [0, 0.05) is 19.3 Å². The first-order valence-corrected chi connectivity index (χ1v) is 5.35. The van der Waals surface area contributed by atoms with E-state index in [9.17, 15) is 0 Å². The zero-order valence-corrected chi connectivity index (χ0v) is 10.3. The third-order valence-corrected chi connectivity index (χ3v) is 2.54. The number of methoxy groups -OCH3 is 1. The predicted octanol–water partition coefficient (Wildman–Crippen LogP) is 1.32. The fourth-order valence-corrected chi connectivity index (χ4v) is 1.35. The van der Waals surface area contributed by atoms with Gasteiger partial charge in [-0.05, 0) is 36.5 Å². The summed E-state index contributed by atoms with van der Waals surface area (Å²) in [5.74, 6) is 0.806. The zero-order valence-electron chi connectivity index (χ0n) is 9.43. The number of benzene rings is 1. The Morgan fingerprint density at radius 3 is 2.56 bits per heavy atom. The Bertz CT molecular complexity index is 340. The van der Waals surface area contributed by atoms with E-state index in [1.54, 1.807) is 12.0 Å². The number of anilines is 1. The number of hydrogen-bond acceptors (Lipinski definition) is 3. The number of aliphatic hydroxyl groups excluding tert-OH is 1. The highest BCUT2D eigenvalue weighted by Crippen LogP contribution is 2.15. The molecule has 0 amide bonds. The molecule has 2 N–H and O–H groups in total. The van der Waals surface area contributed by atoms with E-state index in [1.807, 2.05) is 31.3 Å². The van der Waals surface area contributed by atoms with Crippen molar-refractivity contribution in [3.63, 3.8) is 0 Å². The van der Waals surface area contributed by atoms with Gasteiger partial charge in [0.2, 0.25) is 0 Å². The molecule has 0 radical (unpaired) electrons. The van der Waals surface area contributed by atoms with Crippen LogP contribution in [-0.2, 0) is 0 Å². The summed E-state index contributed by atoms with van der Waals surface area (Å²) in [7, 11) is 3.46. The van der Waals surface area contributed by atoms with Crippen LogP contribution in [0.4, 0.5) is 5.69 Å². The van der Waals surface area contributed by atoms with E-state index in [-0.39, 0.29) is 6.61 Å². The maximum atomic E-state index is 8.77. The quantitative estimate of drug-likeness (QED) is 0.777. The van der Waals surface area contributed by atoms with E-state index >= 15 is 0 Å². The number of hydrogen-bond donors (Lipinski definition) is 2. The zero-order chi connectivity index (χ0) is 12.0. The van der Waals surface area contributed by atoms with Crippen molar-refractivity contribution < 1.29 is 9.84 Å². The highest BCUT2D eigenvalue weighted by molar-refractivity contribution is 7.80. The molecule has 0 unspecified atom stereocenters. The van der Waals surface area contributed by atoms with Crippen LogP contribution < -0.4 is 10.1 Å². The van der Waals surface area contributed by atoms with Crippen LogP contribution in [0.25, 0.3) is 0 Å². The van der Waals surface area contributed by atoms with E-state index in [2.05, 4.69) is 5.32 Å². The van der Waals surface area contributed by atoms with Crippen LogP contribution in [-0.4, -0.2) is 42.4 Å². The van der Waals surface area contributed by atoms with Gasteiger partial charge in [0.1, 0.15) is 5.75 Å². The second-order valence-electron chi connectivity index (χ2n) is 3.30. The molecule has 1 rings (SSSR count). The molecule has 0 aliphatic rings. The third kappa shape index (κ3) is 3.67. The van der Waals surface area contributed by atoms with Crippen LogP contribution in [0.3, 0.4) is 0 Å². The summed E-state index contributed by atoms with van der Waals surface area (Å²) in [6.45, 7) is 0.600. The van der Waals surface area contributed by atoms with Crippen molar-refractivity contribution in [1.29, 1.82) is 0 Å². The molecule has 0 aromatic heterocycles. The topological polar surface area (TPSA) is 44.7 Å². The third-order valence-electron chi connectivity index (χ3n) is 2.12. The van der Waals surface area contributed by atoms with E-state index in [4.69, 9.17) is 22.1 Å². The molecule has 0 saturated heterocycles. The fourth-order valence-electron chi connectivity index (χ4n) is 1.14. The Hall–Kier alpha value is -1.33. The summed E-state index contributed by atoms with van der Waals surface area (Å²) in [4.78, 5) is 1.78. The second-order valence-corrected chi connectivity index (χ2v) is 3.69. The van der Waals surface area contributed by atoms with Gasteiger partial charge in [0.15, 0.2) is 5.11 Å². The number of nitrogens with zero attached hydrogens (tertiary/aromatic N) is 1. The molecule has 0 heterocycles. The summed E-state index contributed by atoms with van der Waals surface area (Å²) < 4.78 is 5.06. The van der Waals surface area contributed by atoms with Crippen molar-refractivity contribution in [1.82, 2.24) is 4.90 Å². The van der Waals surface area contributed by atoms with E-state index in [0.29, 0.717) is 11.7 Å². The largest absolute Gasteiger partial charge is 0.497 e. The van der Waals surface area contributed by atoms with E-state index in [1.165, 1.54) is 0 Å². The first-order valence-electron chi connectivity index (χ1n) is 4.94. The first kappa shape index (κ1) is 12.7. The van der Waals surface area contributed by atoms with Gasteiger partial charge in [0.25, 0.3) is 0 Å². The molecule has 0 aliphatic carbocycles. The summed E-state index contributed by atoms with van der Waals surface area (Å²) in [5, 5.41) is 12.4. The minimum atomic E-state index is 0.0843. The van der Waals surface area contributed by atoms with Gasteiger partial charge in [-0.15, -0.1) is 0 Å². The van der Waals surface area contributed by atoms with Crippen LogP contribution in [0, 0.1) is 0 Å². The van der Waals surface area contributed by atoms with Crippen molar-refractivity contribution in [2.75, 3.05) is 32.6 Å². The number of nitrogens with one attached hydrogen (secondary N) is 1. The summed E-state index contributed by atoms with van der Waals surface area (Å²) in [5.41, 5.74) is 0.899. The number of rotatable bonds is 4. The van der Waals surface area contributed by atoms with Gasteiger partial charge >= 0.3 is 0 Å². The molecule has 88 valence electrons. The Labute approximate surface area is 101 Å². The highest BCUT2D eigenvalue weighted by Gasteiger charge is 2.03. The smallest absolute Gasteiger partial charge is 0.173 e. The van der Waals surface area contributed by atoms with Gasteiger partial charge in [-0.3, -0.25) is 0 Å². The number of aliphatic hydroxyl groups is 1. The molecule has 0 saturated carbocycles. The molecule has 16 heavy (non-hydrogen) atoms. The fraction of sp³-hybridized carbons (Fsp3) is 0.364. The van der Waals surface area contributed by atoms with Gasteiger partial charge < -0.3 is 20.1 Å². The first-order chi connectivity index (χ1) is 7.67. The molecule has 4 nitrogen and oxygen atoms in total. The molecular formula is C11H16N2O2S. The molecule has 5 heteroatoms. The van der Waals surface area contributed by atoms with Crippen molar-refractivity contribution >= 4 is 23.0 Å². The molecule has 0 bridgehead atoms. The molecular weight excluding hydrogens is 224 g/mol. The number of likely N-dealkylation sites (N-methyl/N-ethyl adjacent to an activating group) is 1. The maximum Gasteiger partial charge on any atom is 0.173 e. The molecule has 1 aromatic rings. The second kappa shape index (κ2) is 6.30. The summed E-state index contributed by atoms with van der Waals surface area (Å²) in [6, 6.07) is 7.49. The van der Waals surface area contributed by atoms with Crippen molar-refractivity contribution in [2.24, 2.45) is 0 Å². The minimum absolute atomic E-state index is 0.0843. The molecule has 0 fully saturated rings. The predicted molar refractivity (Wildman–Crippen MR) is 68.9 cm³/mol. The molecule has 0 spiro atoms. The molecule has 0 atom stereocenters. The average Bonchev–Trinajstić information content (AvgIpc) is 2.30. The summed E-state index contributed by atoms with van der Waals surface area (Å²) in [6.07, 6.45) is 0. The standard InChI is InChI=1S/C11H16N2O2S/c1-13(7-8-14)11(16)12-9-3-5-10(15-2)6-4-9/h3-6,14H,7-8H2,1-2H3,(H,12,16). The average molecular weight is 240 g/mol. The van der Waals surface area contributed by atoms with Crippen LogP contribution in [0.5, 0.6) is 5.75 Å². The van der Waals surface area contributed by atoms with E-state index < -0.39 is 0 Å². The lowest BCUT2D eigenvalue weighted by Crippen LogP contribution is -2.33. The summed E-state index contributed by atoms with van der Waals surface area (Å²) >= 11 is 5.16. The lowest BCUT2D eigenvalue weighted by molar-refractivity contribution is 0.265. The van der Waals surface area contributed by atoms with Gasteiger partial charge in [-0.1, -0.05) is 0 Å². The Balaban J connectivity index is 2.55. The Kier molecular flexibility index (Phi) is 5.01. The Morgan fingerprint density at radius 2 is 2.06 bits per heavy atom.